The van der Waals surface area contributed by atoms with Gasteiger partial charge in [-0.25, -0.2) is 14.8 Å². The Balaban J connectivity index is 1.35. The highest BCUT2D eigenvalue weighted by Gasteiger charge is 2.39. The SMILES string of the molecule is Cc1nc(-c2ccc(C3(C)CC3)cc2)ncc1C(=O)NCC(=O)N(C)[C@@H]1C(=O)N[C@@H](C)C(=O)N[C@H](C(=O)O)Cc2ccc(OC[C@@H](O)CN)c(c2)-c2cc1cc(OC[C@@H](O)CN)c2O. The van der Waals surface area contributed by atoms with Gasteiger partial charge in [-0.05, 0) is 73.1 Å². The van der Waals surface area contributed by atoms with Crippen LogP contribution >= 0.6 is 0 Å². The van der Waals surface area contributed by atoms with Gasteiger partial charge in [0.2, 0.25) is 17.7 Å². The van der Waals surface area contributed by atoms with Gasteiger partial charge >= 0.3 is 5.97 Å². The average molecular weight is 883 g/mol. The van der Waals surface area contributed by atoms with Crippen LogP contribution in [0.5, 0.6) is 17.2 Å². The van der Waals surface area contributed by atoms with Crippen LogP contribution < -0.4 is 36.9 Å². The molecular weight excluding hydrogens is 829 g/mol. The molecule has 1 aliphatic carbocycles. The van der Waals surface area contributed by atoms with Crippen LogP contribution in [0.2, 0.25) is 0 Å². The second-order valence-electron chi connectivity index (χ2n) is 16.4. The summed E-state index contributed by atoms with van der Waals surface area (Å²) in [6.45, 7) is 3.57. The van der Waals surface area contributed by atoms with Crippen LogP contribution in [0.25, 0.3) is 22.5 Å². The first kappa shape index (κ1) is 46.8. The number of aliphatic hydroxyl groups excluding tert-OH is 2. The molecule has 64 heavy (non-hydrogen) atoms. The van der Waals surface area contributed by atoms with Crippen LogP contribution in [0.15, 0.2) is 60.8 Å². The van der Waals surface area contributed by atoms with Gasteiger partial charge in [0.1, 0.15) is 49.3 Å². The lowest BCUT2D eigenvalue weighted by Crippen LogP contribution is -2.53. The maximum absolute atomic E-state index is 14.4. The Morgan fingerprint density at radius 2 is 1.59 bits per heavy atom. The minimum Gasteiger partial charge on any atom is -0.504 e. The predicted molar refractivity (Wildman–Crippen MR) is 232 cm³/mol. The Kier molecular flexibility index (Phi) is 14.5. The molecule has 1 saturated carbocycles. The van der Waals surface area contributed by atoms with E-state index in [9.17, 15) is 44.4 Å². The summed E-state index contributed by atoms with van der Waals surface area (Å²) in [5, 5.41) is 49.9. The van der Waals surface area contributed by atoms with Crippen molar-refractivity contribution < 1.29 is 53.9 Å². The summed E-state index contributed by atoms with van der Waals surface area (Å²) in [5.74, 6) is -4.78. The number of aryl methyl sites for hydroxylation is 1. The summed E-state index contributed by atoms with van der Waals surface area (Å²) in [7, 11) is 1.29. The highest BCUT2D eigenvalue weighted by Crippen LogP contribution is 2.48. The predicted octanol–water partition coefficient (Wildman–Crippen LogP) is 0.833. The number of ether oxygens (including phenoxy) is 2. The van der Waals surface area contributed by atoms with Crippen molar-refractivity contribution in [1.82, 2.24) is 30.8 Å². The number of fused-ring (bicyclic) bond motifs is 5. The number of rotatable bonds is 15. The number of benzene rings is 3. The molecule has 0 spiro atoms. The van der Waals surface area contributed by atoms with Crippen LogP contribution in [0.4, 0.5) is 0 Å². The van der Waals surface area contributed by atoms with Crippen LogP contribution in [-0.2, 0) is 31.0 Å². The second-order valence-corrected chi connectivity index (χ2v) is 16.4. The third-order valence-electron chi connectivity index (χ3n) is 11.5. The molecule has 1 aromatic heterocycles. The standard InChI is InChI=1S/C45H54N8O11/c1-23-33(19-48-40(50-23)26-6-8-28(9-7-26)45(3)11-12-45)42(59)49-20-37(56)53(4)38-27-15-32(39(57)36(16-27)64-22-30(55)18-47)31-13-25(5-10-35(31)63-21-29(54)17-46)14-34(44(61)62)52-41(58)24(2)51-43(38)60/h5-10,13,15-16,19,24,29-30,34,38,54-55,57H,11-12,14,17-18,20-22,46-47H2,1-4H3,(H,49,59)(H,51,60)(H,52,58)(H,61,62)/t24-,29-,30-,34-,38-/m0/s1. The summed E-state index contributed by atoms with van der Waals surface area (Å²) in [5.41, 5.74) is 14.4. The summed E-state index contributed by atoms with van der Waals surface area (Å²) in [6.07, 6.45) is 1.15. The molecule has 19 nitrogen and oxygen atoms in total. The molecular formula is C45H54N8O11. The normalized spacial score (nSPS) is 18.9. The second kappa shape index (κ2) is 19.8. The van der Waals surface area contributed by atoms with E-state index in [1.807, 2.05) is 12.1 Å². The fourth-order valence-corrected chi connectivity index (χ4v) is 7.14. The Morgan fingerprint density at radius 1 is 0.938 bits per heavy atom. The molecule has 19 heteroatoms. The van der Waals surface area contributed by atoms with Crippen molar-refractivity contribution in [1.29, 1.82) is 0 Å². The number of phenols is 1. The van der Waals surface area contributed by atoms with E-state index in [1.165, 1.54) is 50.0 Å². The quantitative estimate of drug-likeness (QED) is 0.0799. The number of carbonyl (C=O) groups excluding carboxylic acids is 4. The molecule has 0 radical (unpaired) electrons. The molecule has 11 N–H and O–H groups in total. The van der Waals surface area contributed by atoms with Gasteiger partial charge in [-0.2, -0.15) is 0 Å². The lowest BCUT2D eigenvalue weighted by molar-refractivity contribution is -0.142. The number of aliphatic hydroxyl groups is 2. The number of hydrogen-bond acceptors (Lipinski definition) is 14. The molecule has 340 valence electrons. The maximum Gasteiger partial charge on any atom is 0.326 e. The van der Waals surface area contributed by atoms with Crippen molar-refractivity contribution >= 4 is 29.6 Å². The molecule has 3 aromatic carbocycles. The van der Waals surface area contributed by atoms with E-state index in [0.29, 0.717) is 17.1 Å². The maximum atomic E-state index is 14.4. The molecule has 0 unspecified atom stereocenters. The molecule has 0 saturated heterocycles. The number of carboxylic acid groups (broad SMARTS) is 1. The monoisotopic (exact) mass is 882 g/mol. The number of likely N-dealkylation sites (N-methyl/N-ethyl adjacent to an activating group) is 1. The number of aromatic nitrogens is 2. The van der Waals surface area contributed by atoms with Gasteiger partial charge in [0.05, 0.1) is 17.8 Å². The number of phenolic OH excluding ortho intramolecular Hbond substituents is 1. The van der Waals surface area contributed by atoms with E-state index < -0.39 is 78.8 Å². The number of aromatic hydroxyl groups is 1. The van der Waals surface area contributed by atoms with Gasteiger partial charge in [-0.3, -0.25) is 19.2 Å². The molecule has 1 aliphatic heterocycles. The van der Waals surface area contributed by atoms with E-state index >= 15 is 0 Å². The Hall–Kier alpha value is -6.67. The smallest absolute Gasteiger partial charge is 0.326 e. The zero-order valence-corrected chi connectivity index (χ0v) is 36.0. The lowest BCUT2D eigenvalue weighted by Gasteiger charge is -2.30. The molecule has 2 heterocycles. The number of carboxylic acids is 1. The highest BCUT2D eigenvalue weighted by molar-refractivity contribution is 5.98. The first-order valence-electron chi connectivity index (χ1n) is 20.8. The first-order valence-corrected chi connectivity index (χ1v) is 20.8. The van der Waals surface area contributed by atoms with Crippen molar-refractivity contribution in [3.63, 3.8) is 0 Å². The molecule has 4 amide bonds. The number of aliphatic carboxylic acids is 1. The van der Waals surface area contributed by atoms with Crippen molar-refractivity contribution in [2.45, 2.75) is 75.8 Å². The fourth-order valence-electron chi connectivity index (χ4n) is 7.14. The van der Waals surface area contributed by atoms with Gasteiger partial charge in [-0.1, -0.05) is 37.3 Å². The Labute approximate surface area is 369 Å². The summed E-state index contributed by atoms with van der Waals surface area (Å²) >= 11 is 0. The average Bonchev–Trinajstić information content (AvgIpc) is 4.04. The topological polar surface area (TPSA) is 302 Å². The Morgan fingerprint density at radius 3 is 2.20 bits per heavy atom. The largest absolute Gasteiger partial charge is 0.504 e. The van der Waals surface area contributed by atoms with Crippen molar-refractivity contribution in [2.24, 2.45) is 11.5 Å². The van der Waals surface area contributed by atoms with Crippen LogP contribution in [0, 0.1) is 6.92 Å². The van der Waals surface area contributed by atoms with Gasteiger partial charge < -0.3 is 62.2 Å². The fraction of sp³-hybridized carbons (Fsp3) is 0.400. The number of carbonyl (C=O) groups is 5. The van der Waals surface area contributed by atoms with Crippen LogP contribution in [-0.4, -0.2) is 129 Å². The molecule has 5 atom stereocenters. The zero-order valence-electron chi connectivity index (χ0n) is 36.0. The van der Waals surface area contributed by atoms with E-state index in [0.717, 1.165) is 23.3 Å². The molecule has 6 rings (SSSR count). The zero-order chi connectivity index (χ0) is 46.5. The van der Waals surface area contributed by atoms with E-state index in [4.69, 9.17) is 20.9 Å². The van der Waals surface area contributed by atoms with E-state index in [2.05, 4.69) is 45.0 Å². The minimum atomic E-state index is -1.59. The summed E-state index contributed by atoms with van der Waals surface area (Å²) in [4.78, 5) is 77.6. The number of hydrogen-bond donors (Lipinski definition) is 9. The number of nitrogens with one attached hydrogen (secondary N) is 3. The third-order valence-corrected chi connectivity index (χ3v) is 11.5. The lowest BCUT2D eigenvalue weighted by atomic mass is 9.93. The first-order chi connectivity index (χ1) is 30.4. The third kappa shape index (κ3) is 10.7. The Bertz CT molecular complexity index is 2410. The molecule has 4 aromatic rings. The summed E-state index contributed by atoms with van der Waals surface area (Å²) in [6, 6.07) is 10.8. The minimum absolute atomic E-state index is 0.0196. The van der Waals surface area contributed by atoms with Crippen LogP contribution in [0.1, 0.15) is 65.5 Å². The van der Waals surface area contributed by atoms with Crippen molar-refractivity contribution in [3.05, 3.63) is 88.7 Å². The number of nitrogens with two attached hydrogens (primary N) is 2. The number of amides is 4. The van der Waals surface area contributed by atoms with Gasteiger partial charge in [0.15, 0.2) is 17.3 Å². The molecule has 1 fully saturated rings. The van der Waals surface area contributed by atoms with Gasteiger partial charge in [0, 0.05) is 49.4 Å². The van der Waals surface area contributed by atoms with Gasteiger partial charge in [-0.15, -0.1) is 0 Å². The molecule has 2 aliphatic rings. The summed E-state index contributed by atoms with van der Waals surface area (Å²) < 4.78 is 11.7. The van der Waals surface area contributed by atoms with E-state index in [1.54, 1.807) is 13.0 Å². The van der Waals surface area contributed by atoms with E-state index in [-0.39, 0.29) is 65.3 Å². The van der Waals surface area contributed by atoms with Gasteiger partial charge in [0.25, 0.3) is 5.91 Å². The van der Waals surface area contributed by atoms with Crippen molar-refractivity contribution in [3.8, 4) is 39.8 Å². The van der Waals surface area contributed by atoms with Crippen molar-refractivity contribution in [2.75, 3.05) is 39.9 Å². The highest BCUT2D eigenvalue weighted by atomic mass is 16.5. The van der Waals surface area contributed by atoms with Crippen LogP contribution in [0.3, 0.4) is 0 Å². The molecule has 4 bridgehead atoms. The number of nitrogens with zero attached hydrogens (tertiary/aromatic N) is 3.